The standard InChI is InChI=1S/C10H11NO3/c12-7-5-9(13)11-3-1-8-6(10(7)11)2-4-14-8/h2,4,7,10,12H,1,3,5H2/t7-,10-/m0/s1. The van der Waals surface area contributed by atoms with E-state index in [1.165, 1.54) is 0 Å². The Morgan fingerprint density at radius 1 is 1.57 bits per heavy atom. The molecule has 1 saturated heterocycles. The highest BCUT2D eigenvalue weighted by Crippen LogP contribution is 2.38. The second-order valence-electron chi connectivity index (χ2n) is 3.85. The number of rotatable bonds is 0. The topological polar surface area (TPSA) is 53.7 Å². The summed E-state index contributed by atoms with van der Waals surface area (Å²) in [5, 5.41) is 9.76. The highest BCUT2D eigenvalue weighted by molar-refractivity contribution is 5.80. The van der Waals surface area contributed by atoms with E-state index in [0.717, 1.165) is 17.7 Å². The van der Waals surface area contributed by atoms with Gasteiger partial charge in [0.25, 0.3) is 0 Å². The maximum atomic E-state index is 11.5. The molecule has 2 atom stereocenters. The Labute approximate surface area is 81.1 Å². The zero-order valence-electron chi connectivity index (χ0n) is 7.64. The number of carbonyl (C=O) groups is 1. The molecule has 1 aromatic heterocycles. The zero-order valence-corrected chi connectivity index (χ0v) is 7.64. The maximum absolute atomic E-state index is 11.5. The fourth-order valence-electron chi connectivity index (χ4n) is 2.45. The van der Waals surface area contributed by atoms with Crippen molar-refractivity contribution >= 4 is 5.91 Å². The van der Waals surface area contributed by atoms with Crippen molar-refractivity contribution in [2.24, 2.45) is 0 Å². The lowest BCUT2D eigenvalue weighted by Gasteiger charge is -2.30. The number of carbonyl (C=O) groups excluding carboxylic acids is 1. The number of amides is 1. The Hall–Kier alpha value is -1.29. The summed E-state index contributed by atoms with van der Waals surface area (Å²) >= 11 is 0. The normalized spacial score (nSPS) is 30.4. The van der Waals surface area contributed by atoms with Gasteiger partial charge in [0.2, 0.25) is 5.91 Å². The molecular formula is C10H11NO3. The first-order valence-electron chi connectivity index (χ1n) is 4.81. The summed E-state index contributed by atoms with van der Waals surface area (Å²) in [5.41, 5.74) is 0.981. The summed E-state index contributed by atoms with van der Waals surface area (Å²) < 4.78 is 5.30. The van der Waals surface area contributed by atoms with Crippen molar-refractivity contribution in [2.75, 3.05) is 6.54 Å². The molecule has 0 aromatic carbocycles. The van der Waals surface area contributed by atoms with Crippen molar-refractivity contribution in [2.45, 2.75) is 25.0 Å². The van der Waals surface area contributed by atoms with E-state index < -0.39 is 6.10 Å². The van der Waals surface area contributed by atoms with Crippen LogP contribution in [0.4, 0.5) is 0 Å². The van der Waals surface area contributed by atoms with E-state index in [0.29, 0.717) is 6.54 Å². The van der Waals surface area contributed by atoms with Crippen molar-refractivity contribution in [3.63, 3.8) is 0 Å². The van der Waals surface area contributed by atoms with Crippen LogP contribution in [0.25, 0.3) is 0 Å². The van der Waals surface area contributed by atoms with Crippen LogP contribution in [0.3, 0.4) is 0 Å². The molecule has 14 heavy (non-hydrogen) atoms. The van der Waals surface area contributed by atoms with Crippen molar-refractivity contribution in [1.82, 2.24) is 4.90 Å². The van der Waals surface area contributed by atoms with Gasteiger partial charge in [0.1, 0.15) is 5.76 Å². The van der Waals surface area contributed by atoms with Gasteiger partial charge in [-0.25, -0.2) is 0 Å². The van der Waals surface area contributed by atoms with Gasteiger partial charge >= 0.3 is 0 Å². The molecule has 0 radical (unpaired) electrons. The van der Waals surface area contributed by atoms with Crippen LogP contribution in [0.1, 0.15) is 23.8 Å². The number of aliphatic hydroxyl groups is 1. The highest BCUT2D eigenvalue weighted by Gasteiger charge is 2.43. The lowest BCUT2D eigenvalue weighted by molar-refractivity contribution is -0.129. The van der Waals surface area contributed by atoms with E-state index in [-0.39, 0.29) is 18.4 Å². The molecule has 0 aliphatic carbocycles. The van der Waals surface area contributed by atoms with Crippen LogP contribution in [-0.2, 0) is 11.2 Å². The van der Waals surface area contributed by atoms with Crippen LogP contribution in [0, 0.1) is 0 Å². The predicted octanol–water partition coefficient (Wildman–Crippen LogP) is 0.470. The summed E-state index contributed by atoms with van der Waals surface area (Å²) in [5.74, 6) is 0.967. The molecular weight excluding hydrogens is 182 g/mol. The van der Waals surface area contributed by atoms with Crippen molar-refractivity contribution in [1.29, 1.82) is 0 Å². The van der Waals surface area contributed by atoms with Crippen LogP contribution in [0.2, 0.25) is 0 Å². The minimum atomic E-state index is -0.570. The average molecular weight is 193 g/mol. The van der Waals surface area contributed by atoms with Gasteiger partial charge in [-0.05, 0) is 6.07 Å². The first kappa shape index (κ1) is 8.05. The van der Waals surface area contributed by atoms with Crippen LogP contribution in [0.5, 0.6) is 0 Å². The quantitative estimate of drug-likeness (QED) is 0.651. The average Bonchev–Trinajstić information content (AvgIpc) is 2.71. The summed E-state index contributed by atoms with van der Waals surface area (Å²) in [4.78, 5) is 13.2. The fourth-order valence-corrected chi connectivity index (χ4v) is 2.45. The molecule has 74 valence electrons. The zero-order chi connectivity index (χ0) is 9.71. The summed E-state index contributed by atoms with van der Waals surface area (Å²) in [6.07, 6.45) is 2.06. The Balaban J connectivity index is 2.08. The Morgan fingerprint density at radius 2 is 2.43 bits per heavy atom. The van der Waals surface area contributed by atoms with Crippen molar-refractivity contribution in [3.05, 3.63) is 23.7 Å². The van der Waals surface area contributed by atoms with Gasteiger partial charge in [0, 0.05) is 18.5 Å². The Morgan fingerprint density at radius 3 is 3.29 bits per heavy atom. The van der Waals surface area contributed by atoms with E-state index >= 15 is 0 Å². The summed E-state index contributed by atoms with van der Waals surface area (Å²) in [6.45, 7) is 0.668. The molecule has 0 unspecified atom stereocenters. The van der Waals surface area contributed by atoms with Crippen molar-refractivity contribution in [3.8, 4) is 0 Å². The third kappa shape index (κ3) is 0.889. The molecule has 3 rings (SSSR count). The molecule has 3 heterocycles. The SMILES string of the molecule is O=C1C[C@H](O)[C@@H]2c3ccoc3CCN12. The lowest BCUT2D eigenvalue weighted by atomic mass is 9.98. The molecule has 1 N–H and O–H groups in total. The lowest BCUT2D eigenvalue weighted by Crippen LogP contribution is -2.35. The molecule has 1 fully saturated rings. The molecule has 2 aliphatic heterocycles. The molecule has 0 saturated carbocycles. The first-order valence-corrected chi connectivity index (χ1v) is 4.81. The van der Waals surface area contributed by atoms with E-state index in [2.05, 4.69) is 0 Å². The van der Waals surface area contributed by atoms with Gasteiger partial charge in [-0.1, -0.05) is 0 Å². The van der Waals surface area contributed by atoms with E-state index in [1.807, 2.05) is 6.07 Å². The van der Waals surface area contributed by atoms with Gasteiger partial charge in [0.05, 0.1) is 24.8 Å². The molecule has 1 amide bonds. The smallest absolute Gasteiger partial charge is 0.225 e. The van der Waals surface area contributed by atoms with Gasteiger partial charge < -0.3 is 14.4 Å². The molecule has 0 spiro atoms. The second-order valence-corrected chi connectivity index (χ2v) is 3.85. The van der Waals surface area contributed by atoms with E-state index in [9.17, 15) is 9.90 Å². The van der Waals surface area contributed by atoms with Gasteiger partial charge in [-0.2, -0.15) is 0 Å². The number of nitrogens with zero attached hydrogens (tertiary/aromatic N) is 1. The van der Waals surface area contributed by atoms with Crippen LogP contribution in [-0.4, -0.2) is 28.6 Å². The second kappa shape index (κ2) is 2.60. The number of furan rings is 1. The highest BCUT2D eigenvalue weighted by atomic mass is 16.3. The Kier molecular flexibility index (Phi) is 1.50. The number of aliphatic hydroxyl groups excluding tert-OH is 1. The summed E-state index contributed by atoms with van der Waals surface area (Å²) in [6, 6.07) is 1.69. The van der Waals surface area contributed by atoms with Gasteiger partial charge in [-0.15, -0.1) is 0 Å². The maximum Gasteiger partial charge on any atom is 0.225 e. The minimum absolute atomic E-state index is 0.0503. The molecule has 4 nitrogen and oxygen atoms in total. The van der Waals surface area contributed by atoms with Crippen molar-refractivity contribution < 1.29 is 14.3 Å². The molecule has 0 bridgehead atoms. The Bertz CT molecular complexity index is 384. The summed E-state index contributed by atoms with van der Waals surface area (Å²) in [7, 11) is 0. The van der Waals surface area contributed by atoms with Gasteiger partial charge in [-0.3, -0.25) is 4.79 Å². The molecule has 2 aliphatic rings. The molecule has 1 aromatic rings. The third-order valence-corrected chi connectivity index (χ3v) is 3.08. The number of fused-ring (bicyclic) bond motifs is 3. The van der Waals surface area contributed by atoms with E-state index in [4.69, 9.17) is 4.42 Å². The molecule has 4 heteroatoms. The van der Waals surface area contributed by atoms with Crippen LogP contribution < -0.4 is 0 Å². The monoisotopic (exact) mass is 193 g/mol. The van der Waals surface area contributed by atoms with Crippen LogP contribution >= 0.6 is 0 Å². The minimum Gasteiger partial charge on any atom is -0.469 e. The van der Waals surface area contributed by atoms with Gasteiger partial charge in [0.15, 0.2) is 0 Å². The largest absolute Gasteiger partial charge is 0.469 e. The van der Waals surface area contributed by atoms with Crippen LogP contribution in [0.15, 0.2) is 16.7 Å². The first-order chi connectivity index (χ1) is 6.77. The number of hydrogen-bond acceptors (Lipinski definition) is 3. The predicted molar refractivity (Wildman–Crippen MR) is 47.5 cm³/mol. The third-order valence-electron chi connectivity index (χ3n) is 3.08. The number of hydrogen-bond donors (Lipinski definition) is 1. The fraction of sp³-hybridized carbons (Fsp3) is 0.500. The van der Waals surface area contributed by atoms with E-state index in [1.54, 1.807) is 11.2 Å².